The summed E-state index contributed by atoms with van der Waals surface area (Å²) in [5, 5.41) is 12.7. The van der Waals surface area contributed by atoms with Crippen molar-refractivity contribution in [2.45, 2.75) is 25.9 Å². The molecule has 1 rings (SSSR count). The zero-order valence-corrected chi connectivity index (χ0v) is 10.2. The number of methoxy groups -OCH3 is 1. The maximum Gasteiger partial charge on any atom is 0.322 e. The highest BCUT2D eigenvalue weighted by Gasteiger charge is 2.18. The van der Waals surface area contributed by atoms with Gasteiger partial charge >= 0.3 is 6.01 Å². The zero-order chi connectivity index (χ0) is 12.9. The van der Waals surface area contributed by atoms with Crippen LogP contribution in [0.1, 0.15) is 20.3 Å². The van der Waals surface area contributed by atoms with Crippen molar-refractivity contribution in [2.75, 3.05) is 24.4 Å². The van der Waals surface area contributed by atoms with E-state index in [2.05, 4.69) is 25.7 Å². The Balaban J connectivity index is 2.76. The van der Waals surface area contributed by atoms with Crippen LogP contribution in [0, 0.1) is 0 Å². The number of aliphatic hydroxyl groups is 1. The number of hydrogen-bond donors (Lipinski definition) is 4. The monoisotopic (exact) mass is 242 g/mol. The molecule has 96 valence electrons. The Labute approximate surface area is 99.6 Å². The van der Waals surface area contributed by atoms with Crippen LogP contribution in [0.3, 0.4) is 0 Å². The van der Waals surface area contributed by atoms with Crippen molar-refractivity contribution < 1.29 is 9.84 Å². The Bertz CT molecular complexity index is 348. The summed E-state index contributed by atoms with van der Waals surface area (Å²) in [6.45, 7) is 3.93. The molecule has 17 heavy (non-hydrogen) atoms. The molecule has 0 saturated carbocycles. The molecule has 1 aromatic heterocycles. The van der Waals surface area contributed by atoms with Crippen molar-refractivity contribution >= 4 is 11.9 Å². The summed E-state index contributed by atoms with van der Waals surface area (Å²) < 4.78 is 4.90. The third-order valence-electron chi connectivity index (χ3n) is 2.32. The number of nitrogen functional groups attached to an aromatic ring is 1. The van der Waals surface area contributed by atoms with Gasteiger partial charge in [-0.1, -0.05) is 6.92 Å². The Hall–Kier alpha value is -1.67. The van der Waals surface area contributed by atoms with Gasteiger partial charge in [0.1, 0.15) is 0 Å². The molecule has 0 fully saturated rings. The van der Waals surface area contributed by atoms with Crippen molar-refractivity contribution in [1.29, 1.82) is 0 Å². The lowest BCUT2D eigenvalue weighted by molar-refractivity contribution is 0.0695. The first-order valence-corrected chi connectivity index (χ1v) is 5.23. The normalized spacial score (nSPS) is 13.9. The number of hydrazine groups is 1. The lowest BCUT2D eigenvalue weighted by Crippen LogP contribution is -2.33. The molecule has 8 heteroatoms. The van der Waals surface area contributed by atoms with Gasteiger partial charge in [-0.3, -0.25) is 5.43 Å². The average molecular weight is 242 g/mol. The van der Waals surface area contributed by atoms with Crippen LogP contribution in [0.4, 0.5) is 11.9 Å². The number of nitrogens with two attached hydrogens (primary N) is 1. The Kier molecular flexibility index (Phi) is 4.41. The van der Waals surface area contributed by atoms with E-state index in [1.54, 1.807) is 6.92 Å². The molecule has 1 heterocycles. The highest BCUT2D eigenvalue weighted by molar-refractivity contribution is 5.35. The van der Waals surface area contributed by atoms with Crippen molar-refractivity contribution in [3.8, 4) is 6.01 Å². The van der Waals surface area contributed by atoms with Gasteiger partial charge in [-0.05, 0) is 13.3 Å². The molecule has 0 spiro atoms. The van der Waals surface area contributed by atoms with E-state index >= 15 is 0 Å². The van der Waals surface area contributed by atoms with Gasteiger partial charge < -0.3 is 15.2 Å². The highest BCUT2D eigenvalue weighted by Crippen LogP contribution is 2.12. The number of ether oxygens (including phenoxy) is 1. The second kappa shape index (κ2) is 5.60. The Morgan fingerprint density at radius 2 is 2.00 bits per heavy atom. The van der Waals surface area contributed by atoms with Gasteiger partial charge in [-0.2, -0.15) is 15.0 Å². The summed E-state index contributed by atoms with van der Waals surface area (Å²) >= 11 is 0. The summed E-state index contributed by atoms with van der Waals surface area (Å²) in [5.41, 5.74) is 1.49. The first-order valence-electron chi connectivity index (χ1n) is 5.23. The summed E-state index contributed by atoms with van der Waals surface area (Å²) in [4.78, 5) is 11.8. The molecule has 0 amide bonds. The van der Waals surface area contributed by atoms with E-state index in [4.69, 9.17) is 10.6 Å². The minimum absolute atomic E-state index is 0.145. The van der Waals surface area contributed by atoms with Gasteiger partial charge in [-0.15, -0.1) is 0 Å². The smallest absolute Gasteiger partial charge is 0.322 e. The molecule has 1 aromatic rings. The highest BCUT2D eigenvalue weighted by atomic mass is 16.5. The van der Waals surface area contributed by atoms with Gasteiger partial charge in [0.15, 0.2) is 0 Å². The van der Waals surface area contributed by atoms with Gasteiger partial charge in [0.05, 0.1) is 12.7 Å². The molecular formula is C9H18N6O2. The number of nitrogens with one attached hydrogen (secondary N) is 2. The topological polar surface area (TPSA) is 118 Å². The molecular weight excluding hydrogens is 224 g/mol. The van der Waals surface area contributed by atoms with Gasteiger partial charge in [0.2, 0.25) is 11.9 Å². The summed E-state index contributed by atoms with van der Waals surface area (Å²) in [7, 11) is 1.45. The number of rotatable bonds is 6. The van der Waals surface area contributed by atoms with E-state index < -0.39 is 5.60 Å². The number of hydrogen-bond acceptors (Lipinski definition) is 8. The van der Waals surface area contributed by atoms with E-state index in [9.17, 15) is 5.11 Å². The van der Waals surface area contributed by atoms with E-state index in [1.165, 1.54) is 7.11 Å². The lowest BCUT2D eigenvalue weighted by Gasteiger charge is -2.21. The molecule has 0 aromatic carbocycles. The number of nitrogens with zero attached hydrogens (tertiary/aromatic N) is 3. The van der Waals surface area contributed by atoms with Gasteiger partial charge in [0.25, 0.3) is 0 Å². The standard InChI is InChI=1S/C9H18N6O2/c1-4-9(2,16)5-11-6-12-7(15-10)14-8(13-6)17-3/h16H,4-5,10H2,1-3H3,(H2,11,12,13,14,15). The van der Waals surface area contributed by atoms with Crippen LogP contribution in [-0.2, 0) is 0 Å². The average Bonchev–Trinajstić information content (AvgIpc) is 2.36. The largest absolute Gasteiger partial charge is 0.467 e. The van der Waals surface area contributed by atoms with E-state index in [1.807, 2.05) is 6.92 Å². The van der Waals surface area contributed by atoms with Crippen LogP contribution in [0.25, 0.3) is 0 Å². The molecule has 0 aliphatic rings. The maximum absolute atomic E-state index is 9.83. The minimum atomic E-state index is -0.823. The van der Waals surface area contributed by atoms with E-state index in [0.29, 0.717) is 18.9 Å². The quantitative estimate of drug-likeness (QED) is 0.398. The molecule has 0 bridgehead atoms. The van der Waals surface area contributed by atoms with Crippen LogP contribution in [0.15, 0.2) is 0 Å². The fourth-order valence-corrected chi connectivity index (χ4v) is 0.986. The Morgan fingerprint density at radius 3 is 2.53 bits per heavy atom. The molecule has 8 nitrogen and oxygen atoms in total. The molecule has 1 atom stereocenters. The van der Waals surface area contributed by atoms with E-state index in [-0.39, 0.29) is 12.0 Å². The van der Waals surface area contributed by atoms with Crippen molar-refractivity contribution in [3.05, 3.63) is 0 Å². The second-order valence-electron chi connectivity index (χ2n) is 3.82. The van der Waals surface area contributed by atoms with Crippen LogP contribution in [0.2, 0.25) is 0 Å². The van der Waals surface area contributed by atoms with E-state index in [0.717, 1.165) is 0 Å². The Morgan fingerprint density at radius 1 is 1.35 bits per heavy atom. The third kappa shape index (κ3) is 4.00. The predicted molar refractivity (Wildman–Crippen MR) is 63.6 cm³/mol. The maximum atomic E-state index is 9.83. The predicted octanol–water partition coefficient (Wildman–Crippen LogP) is -0.261. The molecule has 0 aliphatic heterocycles. The summed E-state index contributed by atoms with van der Waals surface area (Å²) in [6, 6.07) is 0.145. The van der Waals surface area contributed by atoms with Crippen LogP contribution in [0.5, 0.6) is 6.01 Å². The van der Waals surface area contributed by atoms with Crippen molar-refractivity contribution in [3.63, 3.8) is 0 Å². The zero-order valence-electron chi connectivity index (χ0n) is 10.2. The first kappa shape index (κ1) is 13.4. The molecule has 1 unspecified atom stereocenters. The third-order valence-corrected chi connectivity index (χ3v) is 2.32. The lowest BCUT2D eigenvalue weighted by atomic mass is 10.0. The SMILES string of the molecule is CCC(C)(O)CNc1nc(NN)nc(OC)n1. The molecule has 0 aliphatic carbocycles. The fraction of sp³-hybridized carbons (Fsp3) is 0.667. The minimum Gasteiger partial charge on any atom is -0.467 e. The van der Waals surface area contributed by atoms with Crippen LogP contribution >= 0.6 is 0 Å². The first-order chi connectivity index (χ1) is 8.00. The van der Waals surface area contributed by atoms with Gasteiger partial charge in [-0.25, -0.2) is 5.84 Å². The van der Waals surface area contributed by atoms with Gasteiger partial charge in [0, 0.05) is 6.54 Å². The number of aromatic nitrogens is 3. The molecule has 0 saturated heterocycles. The fourth-order valence-electron chi connectivity index (χ4n) is 0.986. The number of anilines is 2. The van der Waals surface area contributed by atoms with Crippen LogP contribution < -0.4 is 21.3 Å². The second-order valence-corrected chi connectivity index (χ2v) is 3.82. The summed E-state index contributed by atoms with van der Waals surface area (Å²) in [6.07, 6.45) is 0.615. The molecule has 5 N–H and O–H groups in total. The van der Waals surface area contributed by atoms with Crippen LogP contribution in [-0.4, -0.2) is 39.3 Å². The van der Waals surface area contributed by atoms with Crippen molar-refractivity contribution in [1.82, 2.24) is 15.0 Å². The molecule has 0 radical (unpaired) electrons. The van der Waals surface area contributed by atoms with Crippen molar-refractivity contribution in [2.24, 2.45) is 5.84 Å². The summed E-state index contributed by atoms with van der Waals surface area (Å²) in [5.74, 6) is 5.70.